The second-order valence-electron chi connectivity index (χ2n) is 11.5. The lowest BCUT2D eigenvalue weighted by Crippen LogP contribution is -2.55. The molecule has 3 aromatic carbocycles. The second-order valence-corrected chi connectivity index (χ2v) is 11.5. The van der Waals surface area contributed by atoms with Crippen LogP contribution in [0.4, 0.5) is 10.5 Å². The smallest absolute Gasteiger partial charge is 0.408 e. The summed E-state index contributed by atoms with van der Waals surface area (Å²) in [4.78, 5) is 43.3. The second kappa shape index (κ2) is 14.0. The Hall–Kier alpha value is -4.13. The fourth-order valence-corrected chi connectivity index (χ4v) is 4.70. The molecule has 0 aliphatic heterocycles. The van der Waals surface area contributed by atoms with Crippen molar-refractivity contribution in [2.75, 3.05) is 5.32 Å². The van der Waals surface area contributed by atoms with Crippen molar-refractivity contribution in [2.24, 2.45) is 0 Å². The topological polar surface area (TPSA) is 87.7 Å². The fraction of sp³-hybridized carbons (Fsp3) is 0.382. The van der Waals surface area contributed by atoms with Gasteiger partial charge in [0.1, 0.15) is 17.7 Å². The zero-order valence-electron chi connectivity index (χ0n) is 25.2. The van der Waals surface area contributed by atoms with E-state index in [-0.39, 0.29) is 24.3 Å². The van der Waals surface area contributed by atoms with E-state index in [0.717, 1.165) is 22.3 Å². The monoisotopic (exact) mass is 557 g/mol. The Morgan fingerprint density at radius 1 is 0.854 bits per heavy atom. The van der Waals surface area contributed by atoms with Crippen molar-refractivity contribution in [3.8, 4) is 0 Å². The molecule has 218 valence electrons. The van der Waals surface area contributed by atoms with Gasteiger partial charge in [-0.2, -0.15) is 0 Å². The van der Waals surface area contributed by atoms with Gasteiger partial charge in [0.2, 0.25) is 5.91 Å². The number of alkyl carbamates (subject to hydrolysis) is 1. The van der Waals surface area contributed by atoms with Gasteiger partial charge in [0.05, 0.1) is 0 Å². The van der Waals surface area contributed by atoms with Crippen LogP contribution in [0, 0.1) is 13.8 Å². The minimum Gasteiger partial charge on any atom is -0.444 e. The predicted octanol–water partition coefficient (Wildman–Crippen LogP) is 6.75. The molecule has 3 atom stereocenters. The lowest BCUT2D eigenvalue weighted by Gasteiger charge is -2.38. The molecule has 0 saturated carbocycles. The third kappa shape index (κ3) is 8.68. The van der Waals surface area contributed by atoms with Crippen molar-refractivity contribution < 1.29 is 19.1 Å². The molecule has 3 aromatic rings. The van der Waals surface area contributed by atoms with Crippen molar-refractivity contribution in [3.63, 3.8) is 0 Å². The summed E-state index contributed by atoms with van der Waals surface area (Å²) in [5, 5.41) is 5.88. The molecule has 3 unspecified atom stereocenters. The molecule has 3 rings (SSSR count). The molecule has 7 heteroatoms. The molecular formula is C34H43N3O4. The Bertz CT molecular complexity index is 1330. The number of hydrogen-bond donors (Lipinski definition) is 2. The Labute approximate surface area is 244 Å². The van der Waals surface area contributed by atoms with Gasteiger partial charge < -0.3 is 20.3 Å². The van der Waals surface area contributed by atoms with Crippen molar-refractivity contribution in [1.29, 1.82) is 0 Å². The van der Waals surface area contributed by atoms with E-state index in [0.29, 0.717) is 12.1 Å². The van der Waals surface area contributed by atoms with Gasteiger partial charge in [0.25, 0.3) is 5.91 Å². The van der Waals surface area contributed by atoms with Gasteiger partial charge in [0, 0.05) is 18.2 Å². The summed E-state index contributed by atoms with van der Waals surface area (Å²) < 4.78 is 5.53. The van der Waals surface area contributed by atoms with Crippen LogP contribution in [0.1, 0.15) is 69.3 Å². The maximum atomic E-state index is 14.6. The number of amides is 3. The molecule has 0 aliphatic carbocycles. The van der Waals surface area contributed by atoms with Gasteiger partial charge in [-0.15, -0.1) is 0 Å². The molecule has 0 fully saturated rings. The van der Waals surface area contributed by atoms with Crippen molar-refractivity contribution in [2.45, 2.75) is 85.0 Å². The van der Waals surface area contributed by atoms with Crippen LogP contribution in [-0.4, -0.2) is 40.5 Å². The highest BCUT2D eigenvalue weighted by molar-refractivity contribution is 5.99. The molecule has 0 spiro atoms. The first kappa shape index (κ1) is 31.4. The Kier molecular flexibility index (Phi) is 10.7. The van der Waals surface area contributed by atoms with Crippen molar-refractivity contribution >= 4 is 23.6 Å². The van der Waals surface area contributed by atoms with E-state index >= 15 is 0 Å². The standard InChI is InChI=1S/C34H43N3O4/c1-8-25(4)37(32(39)29(22-26-18-10-9-11-19-26)36-33(40)41-34(5,6)7)30(27-20-14-12-16-23(27)2)31(38)35-28-21-15-13-17-24(28)3/h9-21,25,29-30H,8,22H2,1-7H3,(H,35,38)(H,36,40). The number of rotatable bonds is 10. The minimum absolute atomic E-state index is 0.242. The molecule has 0 aliphatic rings. The summed E-state index contributed by atoms with van der Waals surface area (Å²) in [6.45, 7) is 13.1. The van der Waals surface area contributed by atoms with E-state index in [2.05, 4.69) is 10.6 Å². The number of ether oxygens (including phenoxy) is 1. The summed E-state index contributed by atoms with van der Waals surface area (Å²) in [6, 6.07) is 22.4. The molecule has 41 heavy (non-hydrogen) atoms. The van der Waals surface area contributed by atoms with E-state index in [1.165, 1.54) is 0 Å². The highest BCUT2D eigenvalue weighted by Crippen LogP contribution is 2.30. The van der Waals surface area contributed by atoms with Gasteiger partial charge >= 0.3 is 6.09 Å². The number of benzene rings is 3. The quantitative estimate of drug-likeness (QED) is 0.289. The lowest BCUT2D eigenvalue weighted by molar-refractivity contribution is -0.143. The molecule has 2 N–H and O–H groups in total. The number of carbonyl (C=O) groups excluding carboxylic acids is 3. The highest BCUT2D eigenvalue weighted by atomic mass is 16.6. The van der Waals surface area contributed by atoms with Crippen LogP contribution in [0.15, 0.2) is 78.9 Å². The normalized spacial score (nSPS) is 13.4. The van der Waals surface area contributed by atoms with Crippen LogP contribution in [0.3, 0.4) is 0 Å². The summed E-state index contributed by atoms with van der Waals surface area (Å²) in [7, 11) is 0. The molecule has 0 saturated heterocycles. The minimum atomic E-state index is -0.959. The maximum Gasteiger partial charge on any atom is 0.408 e. The Morgan fingerprint density at radius 2 is 1.44 bits per heavy atom. The average Bonchev–Trinajstić information content (AvgIpc) is 2.92. The summed E-state index contributed by atoms with van der Waals surface area (Å²) in [6.07, 6.45) is 0.162. The Morgan fingerprint density at radius 3 is 2.02 bits per heavy atom. The molecule has 0 radical (unpaired) electrons. The molecule has 0 aromatic heterocycles. The SMILES string of the molecule is CCC(C)N(C(=O)C(Cc1ccccc1)NC(=O)OC(C)(C)C)C(C(=O)Nc1ccccc1C)c1ccccc1C. The van der Waals surface area contributed by atoms with Gasteiger partial charge in [-0.3, -0.25) is 9.59 Å². The van der Waals surface area contributed by atoms with E-state index in [1.54, 1.807) is 25.7 Å². The van der Waals surface area contributed by atoms with Gasteiger partial charge in [-0.1, -0.05) is 79.7 Å². The van der Waals surface area contributed by atoms with E-state index in [4.69, 9.17) is 4.74 Å². The molecule has 7 nitrogen and oxygen atoms in total. The number of nitrogens with one attached hydrogen (secondary N) is 2. The first-order valence-electron chi connectivity index (χ1n) is 14.2. The number of hydrogen-bond acceptors (Lipinski definition) is 4. The van der Waals surface area contributed by atoms with E-state index in [9.17, 15) is 14.4 Å². The number of carbonyl (C=O) groups is 3. The summed E-state index contributed by atoms with van der Waals surface area (Å²) in [5.41, 5.74) is 3.35. The molecular weight excluding hydrogens is 514 g/mol. The summed E-state index contributed by atoms with van der Waals surface area (Å²) >= 11 is 0. The molecule has 0 bridgehead atoms. The lowest BCUT2D eigenvalue weighted by atomic mass is 9.95. The zero-order chi connectivity index (χ0) is 30.2. The van der Waals surface area contributed by atoms with Crippen LogP contribution in [0.5, 0.6) is 0 Å². The molecule has 3 amide bonds. The fourth-order valence-electron chi connectivity index (χ4n) is 4.70. The number of anilines is 1. The largest absolute Gasteiger partial charge is 0.444 e. The predicted molar refractivity (Wildman–Crippen MR) is 164 cm³/mol. The van der Waals surface area contributed by atoms with Gasteiger partial charge in [-0.05, 0) is 76.3 Å². The van der Waals surface area contributed by atoms with Crippen molar-refractivity contribution in [3.05, 3.63) is 101 Å². The van der Waals surface area contributed by atoms with Crippen molar-refractivity contribution in [1.82, 2.24) is 10.2 Å². The highest BCUT2D eigenvalue weighted by Gasteiger charge is 2.39. The third-order valence-corrected chi connectivity index (χ3v) is 7.00. The van der Waals surface area contributed by atoms with Gasteiger partial charge in [0.15, 0.2) is 0 Å². The first-order valence-corrected chi connectivity index (χ1v) is 14.2. The van der Waals surface area contributed by atoms with Crippen LogP contribution in [0.2, 0.25) is 0 Å². The summed E-state index contributed by atoms with van der Waals surface area (Å²) in [5.74, 6) is -0.680. The number of nitrogens with zero attached hydrogens (tertiary/aromatic N) is 1. The zero-order valence-corrected chi connectivity index (χ0v) is 25.2. The average molecular weight is 558 g/mol. The van der Waals surface area contributed by atoms with Crippen LogP contribution in [0.25, 0.3) is 0 Å². The number of para-hydroxylation sites is 1. The maximum absolute atomic E-state index is 14.6. The number of aryl methyl sites for hydroxylation is 2. The van der Waals surface area contributed by atoms with Crippen LogP contribution in [-0.2, 0) is 20.7 Å². The van der Waals surface area contributed by atoms with E-state index < -0.39 is 23.8 Å². The first-order chi connectivity index (χ1) is 19.4. The van der Waals surface area contributed by atoms with Crippen LogP contribution >= 0.6 is 0 Å². The third-order valence-electron chi connectivity index (χ3n) is 7.00. The molecule has 0 heterocycles. The van der Waals surface area contributed by atoms with E-state index in [1.807, 2.05) is 107 Å². The Balaban J connectivity index is 2.10. The van der Waals surface area contributed by atoms with Crippen LogP contribution < -0.4 is 10.6 Å². The van der Waals surface area contributed by atoms with Gasteiger partial charge in [-0.25, -0.2) is 4.79 Å².